The van der Waals surface area contributed by atoms with Gasteiger partial charge in [-0.25, -0.2) is 4.79 Å². The van der Waals surface area contributed by atoms with Gasteiger partial charge in [0.1, 0.15) is 5.60 Å². The Balaban J connectivity index is 1.60. The standard InChI is InChI=1S/C19H34BNO4/c1-16(2,3)23-15(22)21-12-10-19(11-13-21)9-8-14(19)20-24-17(4,5)18(6,7)25-20/h14H,8-13H2,1-7H3. The summed E-state index contributed by atoms with van der Waals surface area (Å²) in [6.07, 6.45) is 4.21. The third-order valence-corrected chi connectivity index (χ3v) is 6.75. The summed E-state index contributed by atoms with van der Waals surface area (Å²) in [4.78, 5) is 14.2. The highest BCUT2D eigenvalue weighted by Crippen LogP contribution is 2.61. The van der Waals surface area contributed by atoms with Gasteiger partial charge in [0.15, 0.2) is 0 Å². The molecule has 1 spiro atoms. The average molecular weight is 351 g/mol. The van der Waals surface area contributed by atoms with E-state index in [4.69, 9.17) is 14.0 Å². The molecule has 142 valence electrons. The molecule has 0 N–H and O–H groups in total. The molecule has 2 aliphatic heterocycles. The summed E-state index contributed by atoms with van der Waals surface area (Å²) in [5, 5.41) is 0. The lowest BCUT2D eigenvalue weighted by atomic mass is 9.43. The molecule has 2 saturated heterocycles. The van der Waals surface area contributed by atoms with Crippen molar-refractivity contribution in [3.8, 4) is 0 Å². The van der Waals surface area contributed by atoms with Gasteiger partial charge in [-0.3, -0.25) is 0 Å². The van der Waals surface area contributed by atoms with Gasteiger partial charge >= 0.3 is 13.2 Å². The Morgan fingerprint density at radius 2 is 1.56 bits per heavy atom. The van der Waals surface area contributed by atoms with Gasteiger partial charge < -0.3 is 18.9 Å². The Bertz CT molecular complexity index is 516. The number of likely N-dealkylation sites (tertiary alicyclic amines) is 1. The Hall–Kier alpha value is -0.745. The highest BCUT2D eigenvalue weighted by Gasteiger charge is 2.61. The van der Waals surface area contributed by atoms with Crippen LogP contribution in [0.2, 0.25) is 5.82 Å². The zero-order valence-electron chi connectivity index (χ0n) is 17.0. The first-order valence-corrected chi connectivity index (χ1v) is 9.69. The van der Waals surface area contributed by atoms with Crippen LogP contribution in [0.5, 0.6) is 0 Å². The molecule has 1 aliphatic carbocycles. The monoisotopic (exact) mass is 351 g/mol. The maximum absolute atomic E-state index is 12.3. The first kappa shape index (κ1) is 19.0. The van der Waals surface area contributed by atoms with Crippen molar-refractivity contribution in [2.45, 2.75) is 96.8 Å². The molecule has 0 radical (unpaired) electrons. The molecule has 1 atom stereocenters. The van der Waals surface area contributed by atoms with E-state index in [1.54, 1.807) is 0 Å². The number of piperidine rings is 1. The van der Waals surface area contributed by atoms with Gasteiger partial charge in [0.2, 0.25) is 0 Å². The van der Waals surface area contributed by atoms with E-state index in [9.17, 15) is 4.79 Å². The van der Waals surface area contributed by atoms with Gasteiger partial charge in [-0.2, -0.15) is 0 Å². The summed E-state index contributed by atoms with van der Waals surface area (Å²) >= 11 is 0. The molecule has 0 aromatic heterocycles. The Labute approximate surface area is 152 Å². The van der Waals surface area contributed by atoms with E-state index < -0.39 is 5.60 Å². The topological polar surface area (TPSA) is 48.0 Å². The van der Waals surface area contributed by atoms with Crippen LogP contribution in [-0.4, -0.2) is 48.0 Å². The van der Waals surface area contributed by atoms with E-state index in [1.165, 1.54) is 6.42 Å². The number of hydrogen-bond donors (Lipinski definition) is 0. The minimum Gasteiger partial charge on any atom is -0.444 e. The van der Waals surface area contributed by atoms with Crippen LogP contribution in [0, 0.1) is 5.41 Å². The van der Waals surface area contributed by atoms with Gasteiger partial charge in [-0.05, 0) is 79.0 Å². The molecule has 0 aromatic carbocycles. The van der Waals surface area contributed by atoms with E-state index in [0.29, 0.717) is 5.82 Å². The molecule has 1 unspecified atom stereocenters. The van der Waals surface area contributed by atoms with Crippen molar-refractivity contribution in [1.82, 2.24) is 4.90 Å². The number of amides is 1. The van der Waals surface area contributed by atoms with Crippen molar-refractivity contribution in [3.05, 3.63) is 0 Å². The summed E-state index contributed by atoms with van der Waals surface area (Å²) in [5.41, 5.74) is -0.717. The normalized spacial score (nSPS) is 30.3. The molecule has 25 heavy (non-hydrogen) atoms. The average Bonchev–Trinajstić information content (AvgIpc) is 2.63. The molecule has 6 heteroatoms. The Morgan fingerprint density at radius 1 is 1.04 bits per heavy atom. The van der Waals surface area contributed by atoms with E-state index in [1.807, 2.05) is 25.7 Å². The van der Waals surface area contributed by atoms with Crippen molar-refractivity contribution in [1.29, 1.82) is 0 Å². The fourth-order valence-electron chi connectivity index (χ4n) is 4.28. The number of carbonyl (C=O) groups is 1. The first-order valence-electron chi connectivity index (χ1n) is 9.69. The molecule has 3 aliphatic rings. The number of hydrogen-bond acceptors (Lipinski definition) is 4. The highest BCUT2D eigenvalue weighted by molar-refractivity contribution is 6.48. The second-order valence-electron chi connectivity index (χ2n) is 10.1. The predicted molar refractivity (Wildman–Crippen MR) is 98.5 cm³/mol. The minimum atomic E-state index is -0.437. The van der Waals surface area contributed by atoms with Gasteiger partial charge in [-0.15, -0.1) is 0 Å². The molecule has 0 aromatic rings. The van der Waals surface area contributed by atoms with Crippen LogP contribution in [0.1, 0.15) is 74.1 Å². The van der Waals surface area contributed by atoms with Crippen molar-refractivity contribution in [2.24, 2.45) is 5.41 Å². The lowest BCUT2D eigenvalue weighted by molar-refractivity contribution is -0.0102. The molecule has 5 nitrogen and oxygen atoms in total. The second-order valence-corrected chi connectivity index (χ2v) is 10.1. The van der Waals surface area contributed by atoms with E-state index >= 15 is 0 Å². The lowest BCUT2D eigenvalue weighted by Gasteiger charge is -2.54. The lowest BCUT2D eigenvalue weighted by Crippen LogP contribution is -2.53. The third kappa shape index (κ3) is 3.44. The molecule has 1 amide bonds. The van der Waals surface area contributed by atoms with Crippen LogP contribution in [0.25, 0.3) is 0 Å². The molecule has 0 bridgehead atoms. The van der Waals surface area contributed by atoms with E-state index in [2.05, 4.69) is 27.7 Å². The van der Waals surface area contributed by atoms with Crippen LogP contribution in [0.4, 0.5) is 4.79 Å². The molecule has 3 rings (SSSR count). The molecule has 3 fully saturated rings. The molecule has 1 saturated carbocycles. The fraction of sp³-hybridized carbons (Fsp3) is 0.947. The summed E-state index contributed by atoms with van der Waals surface area (Å²) < 4.78 is 18.1. The minimum absolute atomic E-state index is 0.119. The zero-order chi connectivity index (χ0) is 18.7. The second kappa shape index (κ2) is 5.88. The number of ether oxygens (including phenoxy) is 1. The smallest absolute Gasteiger partial charge is 0.444 e. The number of carbonyl (C=O) groups excluding carboxylic acids is 1. The Kier molecular flexibility index (Phi) is 4.48. The van der Waals surface area contributed by atoms with Gasteiger partial charge in [0.05, 0.1) is 11.2 Å². The van der Waals surface area contributed by atoms with Crippen molar-refractivity contribution < 1.29 is 18.8 Å². The number of nitrogens with zero attached hydrogens (tertiary/aromatic N) is 1. The summed E-state index contributed by atoms with van der Waals surface area (Å²) in [5.74, 6) is 0.439. The van der Waals surface area contributed by atoms with Crippen LogP contribution < -0.4 is 0 Å². The summed E-state index contributed by atoms with van der Waals surface area (Å²) in [7, 11) is -0.119. The quantitative estimate of drug-likeness (QED) is 0.663. The van der Waals surface area contributed by atoms with Crippen LogP contribution in [-0.2, 0) is 14.0 Å². The van der Waals surface area contributed by atoms with E-state index in [0.717, 1.165) is 32.4 Å². The number of rotatable bonds is 1. The molecular formula is C19H34BNO4. The maximum Gasteiger partial charge on any atom is 0.461 e. The van der Waals surface area contributed by atoms with Gasteiger partial charge in [0.25, 0.3) is 0 Å². The van der Waals surface area contributed by atoms with Crippen molar-refractivity contribution >= 4 is 13.2 Å². The van der Waals surface area contributed by atoms with Gasteiger partial charge in [0, 0.05) is 13.1 Å². The molecule has 2 heterocycles. The Morgan fingerprint density at radius 3 is 1.96 bits per heavy atom. The summed E-state index contributed by atoms with van der Waals surface area (Å²) in [6, 6.07) is 0. The van der Waals surface area contributed by atoms with E-state index in [-0.39, 0.29) is 29.8 Å². The SMILES string of the molecule is CC(C)(C)OC(=O)N1CCC2(CCC2B2OC(C)(C)C(C)(C)O2)CC1. The fourth-order valence-corrected chi connectivity index (χ4v) is 4.28. The first-order chi connectivity index (χ1) is 11.4. The highest BCUT2D eigenvalue weighted by atomic mass is 16.7. The maximum atomic E-state index is 12.3. The molecular weight excluding hydrogens is 317 g/mol. The third-order valence-electron chi connectivity index (χ3n) is 6.75. The predicted octanol–water partition coefficient (Wildman–Crippen LogP) is 4.26. The van der Waals surface area contributed by atoms with Crippen molar-refractivity contribution in [3.63, 3.8) is 0 Å². The zero-order valence-corrected chi connectivity index (χ0v) is 17.0. The largest absolute Gasteiger partial charge is 0.461 e. The van der Waals surface area contributed by atoms with Crippen LogP contribution >= 0.6 is 0 Å². The van der Waals surface area contributed by atoms with Crippen molar-refractivity contribution in [2.75, 3.05) is 13.1 Å². The summed E-state index contributed by atoms with van der Waals surface area (Å²) in [6.45, 7) is 15.7. The van der Waals surface area contributed by atoms with Gasteiger partial charge in [-0.1, -0.05) is 6.42 Å². The van der Waals surface area contributed by atoms with Crippen LogP contribution in [0.15, 0.2) is 0 Å². The van der Waals surface area contributed by atoms with Crippen LogP contribution in [0.3, 0.4) is 0 Å².